The summed E-state index contributed by atoms with van der Waals surface area (Å²) in [4.78, 5) is 44.0. The summed E-state index contributed by atoms with van der Waals surface area (Å²) in [6, 6.07) is 15.0. The minimum absolute atomic E-state index is 0.120. The highest BCUT2D eigenvalue weighted by atomic mass is 16.6. The number of benzene rings is 2. The molecule has 3 heterocycles. The number of amides is 2. The van der Waals surface area contributed by atoms with Crippen molar-refractivity contribution in [1.29, 1.82) is 0 Å². The molecule has 12 nitrogen and oxygen atoms in total. The zero-order chi connectivity index (χ0) is 32.5. The molecule has 1 fully saturated rings. The Hall–Kier alpha value is -5.13. The quantitative estimate of drug-likeness (QED) is 0.244. The van der Waals surface area contributed by atoms with Gasteiger partial charge in [0, 0.05) is 56.8 Å². The molecule has 0 bridgehead atoms. The number of carbonyl (C=O) groups excluding carboxylic acids is 2. The number of imidazole rings is 1. The summed E-state index contributed by atoms with van der Waals surface area (Å²) in [6.07, 6.45) is 7.33. The standard InChI is InChI=1S/C34H41N7O5/c1-24(2)28-20-37-33(40-15-14-35-23-40)38-32(28)41-17-16-39(34(43)46-22-26-8-6-5-7-9-26)21-27(41)19-31(42)36-13-12-25-10-11-29(44-3)30(18-25)45-4/h5-11,14-15,18,20,23-24,27H,12-13,16-17,19,21-22H2,1-4H3,(H,36,42). The van der Waals surface area contributed by atoms with Crippen LogP contribution in [-0.2, 0) is 22.6 Å². The van der Waals surface area contributed by atoms with Crippen LogP contribution in [0.1, 0.15) is 42.9 Å². The second-order valence-corrected chi connectivity index (χ2v) is 11.4. The SMILES string of the molecule is COc1ccc(CCNC(=O)CC2CN(C(=O)OCc3ccccc3)CCN2c2nc(-n3ccnc3)ncc2C(C)C)cc1OC. The van der Waals surface area contributed by atoms with E-state index in [1.165, 1.54) is 0 Å². The van der Waals surface area contributed by atoms with E-state index in [0.717, 1.165) is 22.5 Å². The maximum atomic E-state index is 13.4. The van der Waals surface area contributed by atoms with Crippen LogP contribution in [0.5, 0.6) is 11.5 Å². The molecule has 2 aromatic carbocycles. The number of ether oxygens (including phenoxy) is 3. The normalized spacial score (nSPS) is 14.7. The number of piperazine rings is 1. The van der Waals surface area contributed by atoms with Gasteiger partial charge in [0.2, 0.25) is 11.9 Å². The zero-order valence-corrected chi connectivity index (χ0v) is 26.8. The number of nitrogens with one attached hydrogen (secondary N) is 1. The topological polar surface area (TPSA) is 124 Å². The van der Waals surface area contributed by atoms with Gasteiger partial charge in [-0.1, -0.05) is 50.2 Å². The van der Waals surface area contributed by atoms with E-state index in [4.69, 9.17) is 19.2 Å². The number of carbonyl (C=O) groups is 2. The van der Waals surface area contributed by atoms with Gasteiger partial charge >= 0.3 is 6.09 Å². The van der Waals surface area contributed by atoms with E-state index in [1.807, 2.05) is 54.7 Å². The molecular weight excluding hydrogens is 586 g/mol. The fraction of sp³-hybridized carbons (Fsp3) is 0.382. The number of anilines is 1. The lowest BCUT2D eigenvalue weighted by Gasteiger charge is -2.42. The number of rotatable bonds is 12. The number of hydrogen-bond donors (Lipinski definition) is 1. The molecule has 1 N–H and O–H groups in total. The summed E-state index contributed by atoms with van der Waals surface area (Å²) in [5.41, 5.74) is 2.89. The van der Waals surface area contributed by atoms with Gasteiger partial charge in [-0.3, -0.25) is 9.36 Å². The molecule has 0 spiro atoms. The highest BCUT2D eigenvalue weighted by Crippen LogP contribution is 2.30. The van der Waals surface area contributed by atoms with Crippen molar-refractivity contribution >= 4 is 17.8 Å². The molecule has 0 radical (unpaired) electrons. The van der Waals surface area contributed by atoms with Gasteiger partial charge in [-0.25, -0.2) is 14.8 Å². The first kappa shape index (κ1) is 32.3. The third kappa shape index (κ3) is 7.92. The monoisotopic (exact) mass is 627 g/mol. The third-order valence-electron chi connectivity index (χ3n) is 7.96. The Balaban J connectivity index is 1.32. The minimum Gasteiger partial charge on any atom is -0.493 e. The van der Waals surface area contributed by atoms with Gasteiger partial charge in [0.25, 0.3) is 0 Å². The van der Waals surface area contributed by atoms with Gasteiger partial charge in [-0.15, -0.1) is 0 Å². The van der Waals surface area contributed by atoms with Crippen LogP contribution in [0.25, 0.3) is 5.95 Å². The largest absolute Gasteiger partial charge is 0.493 e. The van der Waals surface area contributed by atoms with Crippen LogP contribution in [0.2, 0.25) is 0 Å². The lowest BCUT2D eigenvalue weighted by Crippen LogP contribution is -2.56. The maximum Gasteiger partial charge on any atom is 0.410 e. The van der Waals surface area contributed by atoms with Crippen LogP contribution in [0.15, 0.2) is 73.4 Å². The Morgan fingerprint density at radius 1 is 1.02 bits per heavy atom. The molecule has 12 heteroatoms. The van der Waals surface area contributed by atoms with Crippen LogP contribution < -0.4 is 19.7 Å². The van der Waals surface area contributed by atoms with Gasteiger partial charge < -0.3 is 29.3 Å². The van der Waals surface area contributed by atoms with Gasteiger partial charge in [0.05, 0.1) is 20.3 Å². The summed E-state index contributed by atoms with van der Waals surface area (Å²) < 4.78 is 18.1. The first-order chi connectivity index (χ1) is 22.4. The molecule has 1 aliphatic heterocycles. The van der Waals surface area contributed by atoms with Gasteiger partial charge in [-0.05, 0) is 35.6 Å². The molecule has 46 heavy (non-hydrogen) atoms. The Labute approximate surface area is 269 Å². The van der Waals surface area contributed by atoms with E-state index in [-0.39, 0.29) is 30.9 Å². The van der Waals surface area contributed by atoms with Crippen molar-refractivity contribution in [2.75, 3.05) is 45.3 Å². The highest BCUT2D eigenvalue weighted by Gasteiger charge is 2.34. The third-order valence-corrected chi connectivity index (χ3v) is 7.96. The fourth-order valence-corrected chi connectivity index (χ4v) is 5.47. The van der Waals surface area contributed by atoms with E-state index in [9.17, 15) is 9.59 Å². The Morgan fingerprint density at radius 3 is 2.54 bits per heavy atom. The summed E-state index contributed by atoms with van der Waals surface area (Å²) in [5.74, 6) is 2.54. The first-order valence-electron chi connectivity index (χ1n) is 15.4. The predicted octanol–water partition coefficient (Wildman–Crippen LogP) is 4.38. The average Bonchev–Trinajstić information content (AvgIpc) is 3.62. The average molecular weight is 628 g/mol. The van der Waals surface area contributed by atoms with E-state index in [2.05, 4.69) is 34.0 Å². The van der Waals surface area contributed by atoms with Crippen molar-refractivity contribution in [2.24, 2.45) is 0 Å². The number of nitrogens with zero attached hydrogens (tertiary/aromatic N) is 6. The molecule has 0 aliphatic carbocycles. The fourth-order valence-electron chi connectivity index (χ4n) is 5.47. The maximum absolute atomic E-state index is 13.4. The highest BCUT2D eigenvalue weighted by molar-refractivity contribution is 5.78. The Morgan fingerprint density at radius 2 is 1.83 bits per heavy atom. The van der Waals surface area contributed by atoms with E-state index in [1.54, 1.807) is 42.4 Å². The van der Waals surface area contributed by atoms with Crippen molar-refractivity contribution in [2.45, 2.75) is 45.3 Å². The van der Waals surface area contributed by atoms with Gasteiger partial charge in [0.15, 0.2) is 11.5 Å². The molecule has 0 saturated carbocycles. The van der Waals surface area contributed by atoms with E-state index < -0.39 is 6.09 Å². The molecular formula is C34H41N7O5. The van der Waals surface area contributed by atoms with Crippen molar-refractivity contribution in [3.8, 4) is 17.4 Å². The van der Waals surface area contributed by atoms with Crippen molar-refractivity contribution in [3.63, 3.8) is 0 Å². The molecule has 5 rings (SSSR count). The lowest BCUT2D eigenvalue weighted by atomic mass is 10.0. The summed E-state index contributed by atoms with van der Waals surface area (Å²) in [6.45, 7) is 6.01. The molecule has 1 unspecified atom stereocenters. The van der Waals surface area contributed by atoms with E-state index >= 15 is 0 Å². The summed E-state index contributed by atoms with van der Waals surface area (Å²) >= 11 is 0. The molecule has 242 valence electrons. The second kappa shape index (κ2) is 15.2. The van der Waals surface area contributed by atoms with Crippen LogP contribution in [0.4, 0.5) is 10.6 Å². The van der Waals surface area contributed by atoms with Crippen LogP contribution in [-0.4, -0.2) is 82.9 Å². The van der Waals surface area contributed by atoms with Gasteiger partial charge in [-0.2, -0.15) is 4.98 Å². The van der Waals surface area contributed by atoms with E-state index in [0.29, 0.717) is 50.0 Å². The smallest absolute Gasteiger partial charge is 0.410 e. The summed E-state index contributed by atoms with van der Waals surface area (Å²) in [7, 11) is 3.20. The Kier molecular flexibility index (Phi) is 10.7. The zero-order valence-electron chi connectivity index (χ0n) is 26.8. The van der Waals surface area contributed by atoms with Crippen LogP contribution in [0.3, 0.4) is 0 Å². The molecule has 1 atom stereocenters. The van der Waals surface area contributed by atoms with Crippen molar-refractivity contribution in [3.05, 3.63) is 90.1 Å². The first-order valence-corrected chi connectivity index (χ1v) is 15.4. The predicted molar refractivity (Wildman–Crippen MR) is 173 cm³/mol. The number of aromatic nitrogens is 4. The molecule has 1 aliphatic rings. The van der Waals surface area contributed by atoms with Crippen molar-refractivity contribution < 1.29 is 23.8 Å². The summed E-state index contributed by atoms with van der Waals surface area (Å²) in [5, 5.41) is 3.06. The molecule has 2 amide bonds. The van der Waals surface area contributed by atoms with Crippen LogP contribution in [0, 0.1) is 0 Å². The molecule has 4 aromatic rings. The Bertz CT molecular complexity index is 1600. The lowest BCUT2D eigenvalue weighted by molar-refractivity contribution is -0.121. The number of methoxy groups -OCH3 is 2. The second-order valence-electron chi connectivity index (χ2n) is 11.4. The minimum atomic E-state index is -0.409. The molecule has 2 aromatic heterocycles. The number of hydrogen-bond acceptors (Lipinski definition) is 9. The van der Waals surface area contributed by atoms with Crippen LogP contribution >= 0.6 is 0 Å². The molecule has 1 saturated heterocycles. The van der Waals surface area contributed by atoms with Crippen molar-refractivity contribution in [1.82, 2.24) is 29.7 Å². The van der Waals surface area contributed by atoms with Gasteiger partial charge in [0.1, 0.15) is 18.8 Å².